The first-order valence-corrected chi connectivity index (χ1v) is 35.8. The highest BCUT2D eigenvalue weighted by molar-refractivity contribution is 5.88. The van der Waals surface area contributed by atoms with Crippen molar-refractivity contribution in [2.45, 2.75) is 59.2 Å². The van der Waals surface area contributed by atoms with Gasteiger partial charge in [-0.05, 0) is 36.9 Å². The van der Waals surface area contributed by atoms with Gasteiger partial charge in [-0.2, -0.15) is 0 Å². The quantitative estimate of drug-likeness (QED) is 0.0343. The molecule has 0 spiro atoms. The zero-order chi connectivity index (χ0) is 71.7. The van der Waals surface area contributed by atoms with E-state index in [9.17, 15) is 0 Å². The van der Waals surface area contributed by atoms with Gasteiger partial charge in [-0.15, -0.1) is 10.2 Å². The van der Waals surface area contributed by atoms with Crippen LogP contribution in [0.25, 0.3) is 21.5 Å². The van der Waals surface area contributed by atoms with Gasteiger partial charge in [-0.25, -0.2) is 4.98 Å². The van der Waals surface area contributed by atoms with Gasteiger partial charge < -0.3 is 129 Å². The number of rotatable bonds is 81. The van der Waals surface area contributed by atoms with E-state index in [0.717, 1.165) is 49.3 Å². The number of fused-ring (bicyclic) bond motifs is 1. The summed E-state index contributed by atoms with van der Waals surface area (Å²) in [5.41, 5.74) is 18.2. The largest absolute Gasteiger partial charge is 0.472 e. The van der Waals surface area contributed by atoms with Gasteiger partial charge in [0, 0.05) is 37.5 Å². The Bertz CT molecular complexity index is 2310. The highest BCUT2D eigenvalue weighted by Crippen LogP contribution is 2.30. The number of unbranched alkanes of at least 4 members (excludes halogenated alkanes) is 1. The van der Waals surface area contributed by atoms with E-state index in [0.29, 0.717) is 334 Å². The number of nitrogen functional groups attached to an aromatic ring is 1. The summed E-state index contributed by atoms with van der Waals surface area (Å²) in [6, 6.07) is 8.58. The lowest BCUT2D eigenvalue weighted by Crippen LogP contribution is -2.20. The second-order valence-corrected chi connectivity index (χ2v) is 22.0. The van der Waals surface area contributed by atoms with E-state index in [-0.39, 0.29) is 6.10 Å². The van der Waals surface area contributed by atoms with Crippen molar-refractivity contribution >= 4 is 16.9 Å². The predicted molar refractivity (Wildman–Crippen MR) is 374 cm³/mol. The second kappa shape index (κ2) is 71.3. The van der Waals surface area contributed by atoms with Crippen LogP contribution in [-0.2, 0) is 128 Å². The van der Waals surface area contributed by atoms with E-state index in [4.69, 9.17) is 130 Å². The van der Waals surface area contributed by atoms with Gasteiger partial charge >= 0.3 is 0 Å². The van der Waals surface area contributed by atoms with Crippen LogP contribution in [0.15, 0.2) is 29.4 Å². The van der Waals surface area contributed by atoms with Gasteiger partial charge in [0.05, 0.1) is 310 Å². The van der Waals surface area contributed by atoms with Gasteiger partial charge in [0.2, 0.25) is 0 Å². The van der Waals surface area contributed by atoms with Crippen molar-refractivity contribution in [1.29, 1.82) is 0 Å². The lowest BCUT2D eigenvalue weighted by molar-refractivity contribution is -0.0318. The first kappa shape index (κ1) is 90.9. The van der Waals surface area contributed by atoms with Crippen molar-refractivity contribution in [3.05, 3.63) is 51.7 Å². The molecule has 1 aromatic carbocycles. The summed E-state index contributed by atoms with van der Waals surface area (Å²) in [6.07, 6.45) is 2.85. The van der Waals surface area contributed by atoms with E-state index in [1.54, 1.807) is 0 Å². The van der Waals surface area contributed by atoms with Crippen LogP contribution in [0, 0.1) is 0 Å². The molecule has 0 amide bonds. The van der Waals surface area contributed by atoms with E-state index >= 15 is 0 Å². The van der Waals surface area contributed by atoms with E-state index < -0.39 is 0 Å². The van der Waals surface area contributed by atoms with Crippen LogP contribution in [0.3, 0.4) is 0 Å². The van der Waals surface area contributed by atoms with E-state index in [1.807, 2.05) is 13.8 Å². The summed E-state index contributed by atoms with van der Waals surface area (Å²) in [7, 11) is 0. The van der Waals surface area contributed by atoms with Gasteiger partial charge in [0.1, 0.15) is 16.9 Å². The second-order valence-electron chi connectivity index (χ2n) is 22.0. The smallest absolute Gasteiger partial charge is 0.260 e. The minimum absolute atomic E-state index is 0.0594. The fraction of sp³-hybridized carbons (Fsp3) is 0.838. The highest BCUT2D eigenvalue weighted by atomic mass is 16.6. The standard InChI is InChI=1S/C68H123N9O24/c1-4-5-6-64-73-65-66(68(101-61(2)3)75-74-67(65)69)77(64)60-63-9-7-62(8-10-63)59-71-11-13-78-15-17-80-19-21-82-23-25-84-27-29-86-31-33-88-35-37-90-39-41-92-43-45-94-47-49-96-51-53-98-55-57-100-58-56-99-54-52-97-50-48-95-46-44-93-42-40-91-38-36-89-34-32-87-30-28-85-26-24-83-22-20-81-18-16-79-14-12-72-76-70/h7-10,61,71H,4-6,11-60H2,1-3H3,(H2,69,74). The molecule has 3 rings (SSSR count). The third-order valence-electron chi connectivity index (χ3n) is 13.5. The third kappa shape index (κ3) is 55.8. The lowest BCUT2D eigenvalue weighted by atomic mass is 10.1. The Morgan fingerprint density at radius 3 is 0.960 bits per heavy atom. The molecule has 0 saturated carbocycles. The molecule has 584 valence electrons. The van der Waals surface area contributed by atoms with Crippen molar-refractivity contribution in [3.8, 4) is 5.88 Å². The Balaban J connectivity index is 0.889. The predicted octanol–water partition coefficient (Wildman–Crippen LogP) is 4.37. The van der Waals surface area contributed by atoms with Crippen LogP contribution < -0.4 is 15.8 Å². The average molecular weight is 1450 g/mol. The van der Waals surface area contributed by atoms with Crippen molar-refractivity contribution in [2.24, 2.45) is 5.11 Å². The fourth-order valence-electron chi connectivity index (χ4n) is 8.50. The molecule has 2 aromatic heterocycles. The van der Waals surface area contributed by atoms with Crippen molar-refractivity contribution < 1.29 is 114 Å². The number of nitrogens with two attached hydrogens (primary N) is 1. The number of nitrogens with zero attached hydrogens (tertiary/aromatic N) is 7. The summed E-state index contributed by atoms with van der Waals surface area (Å²) < 4.78 is 135. The zero-order valence-electron chi connectivity index (χ0n) is 60.9. The molecule has 0 unspecified atom stereocenters. The molecule has 0 atom stereocenters. The molecule has 101 heavy (non-hydrogen) atoms. The van der Waals surface area contributed by atoms with Gasteiger partial charge in [0.15, 0.2) is 5.82 Å². The maximum Gasteiger partial charge on any atom is 0.260 e. The number of nitrogens with one attached hydrogen (secondary N) is 1. The number of anilines is 1. The van der Waals surface area contributed by atoms with Crippen molar-refractivity contribution in [2.75, 3.05) is 323 Å². The molecule has 0 bridgehead atoms. The average Bonchev–Trinajstić information content (AvgIpc) is 1.63. The summed E-state index contributed by atoms with van der Waals surface area (Å²) in [5, 5.41) is 15.2. The Labute approximate surface area is 598 Å². The van der Waals surface area contributed by atoms with Crippen LogP contribution in [0.4, 0.5) is 5.82 Å². The number of benzene rings is 1. The summed E-state index contributed by atoms with van der Waals surface area (Å²) in [4.78, 5) is 7.53. The number of hydrogen-bond acceptors (Lipinski definition) is 30. The Hall–Kier alpha value is -4.28. The minimum Gasteiger partial charge on any atom is -0.472 e. The van der Waals surface area contributed by atoms with Gasteiger partial charge in [-0.3, -0.25) is 0 Å². The third-order valence-corrected chi connectivity index (χ3v) is 13.5. The first-order chi connectivity index (χ1) is 50.0. The highest BCUT2D eigenvalue weighted by Gasteiger charge is 2.21. The topological polar surface area (TPSA) is 352 Å². The molecule has 0 aliphatic rings. The number of aromatic nitrogens is 4. The number of hydrogen-bond donors (Lipinski definition) is 2. The Morgan fingerprint density at radius 2 is 0.683 bits per heavy atom. The monoisotopic (exact) mass is 1450 g/mol. The minimum atomic E-state index is -0.0594. The Morgan fingerprint density at radius 1 is 0.406 bits per heavy atom. The molecule has 33 nitrogen and oxygen atoms in total. The van der Waals surface area contributed by atoms with E-state index in [1.165, 1.54) is 5.56 Å². The molecule has 0 radical (unpaired) electrons. The number of aryl methyl sites for hydroxylation is 1. The molecule has 0 fully saturated rings. The molecule has 3 N–H and O–H groups in total. The van der Waals surface area contributed by atoms with Crippen molar-refractivity contribution in [3.63, 3.8) is 0 Å². The van der Waals surface area contributed by atoms with Crippen LogP contribution in [0.2, 0.25) is 0 Å². The first-order valence-electron chi connectivity index (χ1n) is 35.8. The number of azide groups is 1. The normalized spacial score (nSPS) is 11.7. The fourth-order valence-corrected chi connectivity index (χ4v) is 8.50. The van der Waals surface area contributed by atoms with Crippen LogP contribution in [0.1, 0.15) is 50.6 Å². The lowest BCUT2D eigenvalue weighted by Gasteiger charge is -2.14. The van der Waals surface area contributed by atoms with Crippen LogP contribution in [-0.4, -0.2) is 343 Å². The molecular weight excluding hydrogens is 1330 g/mol. The van der Waals surface area contributed by atoms with Crippen molar-refractivity contribution in [1.82, 2.24) is 25.1 Å². The molecular formula is C68H123N9O24. The molecule has 0 aliphatic heterocycles. The molecule has 2 heterocycles. The van der Waals surface area contributed by atoms with Gasteiger partial charge in [-0.1, -0.05) is 42.7 Å². The number of imidazole rings is 1. The van der Waals surface area contributed by atoms with Gasteiger partial charge in [0.25, 0.3) is 5.88 Å². The van der Waals surface area contributed by atoms with Crippen LogP contribution >= 0.6 is 0 Å². The molecule has 0 aliphatic carbocycles. The maximum absolute atomic E-state index is 8.18. The summed E-state index contributed by atoms with van der Waals surface area (Å²) in [6.45, 7) is 30.7. The molecule has 0 saturated heterocycles. The SMILES string of the molecule is CCCCc1nc2c(N)nnc(OC(C)C)c2n1Cc1ccc(CNCCOCCOCCOCCOCCOCCOCCOCCOCCOCCOCCOCCOCCOCCOCCOCCOCCOCCOCCOCCOCCOCCOCCOCCN=[N+]=[N-])cc1. The molecule has 33 heteroatoms. The summed E-state index contributed by atoms with van der Waals surface area (Å²) in [5.74, 6) is 1.72. The molecule has 3 aromatic rings. The van der Waals surface area contributed by atoms with E-state index in [2.05, 4.69) is 61.3 Å². The summed E-state index contributed by atoms with van der Waals surface area (Å²) >= 11 is 0. The Kier molecular flexibility index (Phi) is 64.2. The van der Waals surface area contributed by atoms with Crippen LogP contribution in [0.5, 0.6) is 5.88 Å². The maximum atomic E-state index is 8.18. The zero-order valence-corrected chi connectivity index (χ0v) is 60.9. The number of ether oxygens (including phenoxy) is 24.